The van der Waals surface area contributed by atoms with Gasteiger partial charge in [0.1, 0.15) is 0 Å². The summed E-state index contributed by atoms with van der Waals surface area (Å²) in [4.78, 5) is 18.5. The van der Waals surface area contributed by atoms with Crippen molar-refractivity contribution in [3.8, 4) is 0 Å². The highest BCUT2D eigenvalue weighted by molar-refractivity contribution is 5.85. The zero-order valence-corrected chi connectivity index (χ0v) is 14.3. The van der Waals surface area contributed by atoms with Crippen LogP contribution in [0.2, 0.25) is 0 Å². The molecule has 0 aliphatic carbocycles. The lowest BCUT2D eigenvalue weighted by Crippen LogP contribution is -2.42. The Morgan fingerprint density at radius 1 is 1.43 bits per heavy atom. The predicted octanol–water partition coefficient (Wildman–Crippen LogP) is 2.49. The third kappa shape index (κ3) is 5.46. The summed E-state index contributed by atoms with van der Waals surface area (Å²) in [6.07, 6.45) is 5.74. The molecule has 1 N–H and O–H groups in total. The molecular formula is C15H25Cl2N3O. The lowest BCUT2D eigenvalue weighted by Gasteiger charge is -2.33. The number of piperidine rings is 1. The van der Waals surface area contributed by atoms with Gasteiger partial charge in [-0.25, -0.2) is 0 Å². The highest BCUT2D eigenvalue weighted by Crippen LogP contribution is 2.22. The zero-order valence-electron chi connectivity index (χ0n) is 12.6. The number of hydrogen-bond acceptors (Lipinski definition) is 3. The first-order valence-electron chi connectivity index (χ1n) is 7.05. The normalized spacial score (nSPS) is 16.6. The Balaban J connectivity index is 0.00000200. The lowest BCUT2D eigenvalue weighted by atomic mass is 9.94. The summed E-state index contributed by atoms with van der Waals surface area (Å²) in [7, 11) is 1.99. The Kier molecular flexibility index (Phi) is 9.58. The molecule has 2 rings (SSSR count). The highest BCUT2D eigenvalue weighted by atomic mass is 35.5. The fourth-order valence-electron chi connectivity index (χ4n) is 2.69. The third-order valence-electron chi connectivity index (χ3n) is 3.97. The van der Waals surface area contributed by atoms with Crippen molar-refractivity contribution in [2.45, 2.75) is 25.7 Å². The Morgan fingerprint density at radius 2 is 2.10 bits per heavy atom. The van der Waals surface area contributed by atoms with Crippen LogP contribution in [-0.2, 0) is 4.79 Å². The predicted molar refractivity (Wildman–Crippen MR) is 90.4 cm³/mol. The summed E-state index contributed by atoms with van der Waals surface area (Å²) in [5, 5.41) is 3.22. The fourth-order valence-corrected chi connectivity index (χ4v) is 2.69. The van der Waals surface area contributed by atoms with E-state index < -0.39 is 0 Å². The van der Waals surface area contributed by atoms with E-state index in [1.807, 2.05) is 31.0 Å². The van der Waals surface area contributed by atoms with Crippen LogP contribution >= 0.6 is 24.8 Å². The number of hydrogen-bond donors (Lipinski definition) is 1. The zero-order chi connectivity index (χ0) is 13.7. The van der Waals surface area contributed by atoms with Crippen molar-refractivity contribution in [1.29, 1.82) is 0 Å². The molecule has 0 spiro atoms. The summed E-state index contributed by atoms with van der Waals surface area (Å²) in [5.41, 5.74) is 1.00. The summed E-state index contributed by atoms with van der Waals surface area (Å²) < 4.78 is 0. The van der Waals surface area contributed by atoms with E-state index in [0.29, 0.717) is 5.92 Å². The third-order valence-corrected chi connectivity index (χ3v) is 3.97. The Labute approximate surface area is 139 Å². The maximum atomic E-state index is 12.4. The summed E-state index contributed by atoms with van der Waals surface area (Å²) in [6, 6.07) is 3.86. The van der Waals surface area contributed by atoms with E-state index >= 15 is 0 Å². The van der Waals surface area contributed by atoms with E-state index in [1.54, 1.807) is 12.4 Å². The number of halogens is 2. The maximum absolute atomic E-state index is 12.4. The van der Waals surface area contributed by atoms with Crippen molar-refractivity contribution in [2.24, 2.45) is 5.92 Å². The quantitative estimate of drug-likeness (QED) is 0.920. The van der Waals surface area contributed by atoms with Gasteiger partial charge in [-0.05, 0) is 50.9 Å². The molecule has 0 aromatic carbocycles. The highest BCUT2D eigenvalue weighted by Gasteiger charge is 2.26. The first-order chi connectivity index (χ1) is 9.22. The molecule has 1 atom stereocenters. The van der Waals surface area contributed by atoms with Crippen LogP contribution < -0.4 is 5.32 Å². The first kappa shape index (κ1) is 20.2. The van der Waals surface area contributed by atoms with E-state index in [0.717, 1.165) is 38.0 Å². The van der Waals surface area contributed by atoms with Gasteiger partial charge in [-0.1, -0.05) is 6.07 Å². The van der Waals surface area contributed by atoms with Crippen LogP contribution in [0.1, 0.15) is 31.2 Å². The number of nitrogens with one attached hydrogen (secondary N) is 1. The minimum Gasteiger partial charge on any atom is -0.342 e. The molecule has 1 unspecified atom stereocenters. The van der Waals surface area contributed by atoms with Gasteiger partial charge in [0.25, 0.3) is 0 Å². The van der Waals surface area contributed by atoms with Crippen LogP contribution in [0.25, 0.3) is 0 Å². The number of pyridine rings is 1. The molecule has 1 saturated heterocycles. The lowest BCUT2D eigenvalue weighted by molar-refractivity contribution is -0.133. The molecule has 1 aliphatic rings. The molecular weight excluding hydrogens is 309 g/mol. The van der Waals surface area contributed by atoms with Crippen molar-refractivity contribution < 1.29 is 4.79 Å². The molecule has 1 aromatic heterocycles. The molecule has 0 radical (unpaired) electrons. The Hall–Kier alpha value is -0.840. The average molecular weight is 334 g/mol. The SMILES string of the molecule is CNCC1CCN(C(=O)C(C)c2cccnc2)CC1.Cl.Cl. The van der Waals surface area contributed by atoms with E-state index in [9.17, 15) is 4.79 Å². The number of likely N-dealkylation sites (tertiary alicyclic amines) is 1. The molecule has 0 saturated carbocycles. The number of amides is 1. The summed E-state index contributed by atoms with van der Waals surface area (Å²) in [6.45, 7) is 4.80. The second-order valence-corrected chi connectivity index (χ2v) is 5.33. The summed E-state index contributed by atoms with van der Waals surface area (Å²) in [5.74, 6) is 0.855. The van der Waals surface area contributed by atoms with Crippen LogP contribution in [0.3, 0.4) is 0 Å². The molecule has 21 heavy (non-hydrogen) atoms. The van der Waals surface area contributed by atoms with Gasteiger partial charge < -0.3 is 10.2 Å². The molecule has 120 valence electrons. The van der Waals surface area contributed by atoms with E-state index in [4.69, 9.17) is 0 Å². The van der Waals surface area contributed by atoms with Gasteiger partial charge in [0.05, 0.1) is 5.92 Å². The van der Waals surface area contributed by atoms with E-state index in [2.05, 4.69) is 10.3 Å². The van der Waals surface area contributed by atoms with Gasteiger partial charge >= 0.3 is 0 Å². The average Bonchev–Trinajstić information content (AvgIpc) is 2.48. The molecule has 4 nitrogen and oxygen atoms in total. The van der Waals surface area contributed by atoms with Crippen LogP contribution in [0.5, 0.6) is 0 Å². The molecule has 1 aromatic rings. The second-order valence-electron chi connectivity index (χ2n) is 5.33. The van der Waals surface area contributed by atoms with Crippen molar-refractivity contribution >= 4 is 30.7 Å². The molecule has 1 fully saturated rings. The standard InChI is InChI=1S/C15H23N3O.2ClH/c1-12(14-4-3-7-17-11-14)15(19)18-8-5-13(6-9-18)10-16-2;;/h3-4,7,11-13,16H,5-6,8-10H2,1-2H3;2*1H. The van der Waals surface area contributed by atoms with E-state index in [-0.39, 0.29) is 36.6 Å². The van der Waals surface area contributed by atoms with Crippen molar-refractivity contribution in [1.82, 2.24) is 15.2 Å². The van der Waals surface area contributed by atoms with Gasteiger partial charge in [0.15, 0.2) is 0 Å². The minimum atomic E-state index is -0.0884. The maximum Gasteiger partial charge on any atom is 0.229 e. The van der Waals surface area contributed by atoms with Gasteiger partial charge in [0.2, 0.25) is 5.91 Å². The van der Waals surface area contributed by atoms with Crippen molar-refractivity contribution in [3.63, 3.8) is 0 Å². The Bertz CT molecular complexity index is 409. The molecule has 0 bridgehead atoms. The monoisotopic (exact) mass is 333 g/mol. The van der Waals surface area contributed by atoms with Crippen LogP contribution in [-0.4, -0.2) is 42.5 Å². The van der Waals surface area contributed by atoms with Crippen LogP contribution in [0, 0.1) is 5.92 Å². The molecule has 6 heteroatoms. The Morgan fingerprint density at radius 3 is 2.62 bits per heavy atom. The molecule has 1 aliphatic heterocycles. The molecule has 2 heterocycles. The van der Waals surface area contributed by atoms with Gasteiger partial charge in [-0.3, -0.25) is 9.78 Å². The second kappa shape index (κ2) is 9.98. The van der Waals surface area contributed by atoms with Gasteiger partial charge in [-0.15, -0.1) is 24.8 Å². The van der Waals surface area contributed by atoms with Crippen molar-refractivity contribution in [2.75, 3.05) is 26.7 Å². The minimum absolute atomic E-state index is 0. The van der Waals surface area contributed by atoms with Crippen LogP contribution in [0.15, 0.2) is 24.5 Å². The first-order valence-corrected chi connectivity index (χ1v) is 7.05. The van der Waals surface area contributed by atoms with Gasteiger partial charge in [-0.2, -0.15) is 0 Å². The number of nitrogens with zero attached hydrogens (tertiary/aromatic N) is 2. The smallest absolute Gasteiger partial charge is 0.229 e. The van der Waals surface area contributed by atoms with Crippen molar-refractivity contribution in [3.05, 3.63) is 30.1 Å². The number of carbonyl (C=O) groups is 1. The van der Waals surface area contributed by atoms with E-state index in [1.165, 1.54) is 0 Å². The fraction of sp³-hybridized carbons (Fsp3) is 0.600. The number of aromatic nitrogens is 1. The number of rotatable bonds is 4. The largest absolute Gasteiger partial charge is 0.342 e. The van der Waals surface area contributed by atoms with Gasteiger partial charge in [0, 0.05) is 25.5 Å². The number of carbonyl (C=O) groups excluding carboxylic acids is 1. The summed E-state index contributed by atoms with van der Waals surface area (Å²) >= 11 is 0. The van der Waals surface area contributed by atoms with Crippen LogP contribution in [0.4, 0.5) is 0 Å². The molecule has 1 amide bonds. The topological polar surface area (TPSA) is 45.2 Å².